The van der Waals surface area contributed by atoms with Crippen molar-refractivity contribution in [3.8, 4) is 0 Å². The summed E-state index contributed by atoms with van der Waals surface area (Å²) in [6, 6.07) is 8.20. The molecule has 0 aliphatic heterocycles. The second-order valence-electron chi connectivity index (χ2n) is 4.70. The van der Waals surface area contributed by atoms with Crippen LogP contribution in [0.25, 0.3) is 10.9 Å². The zero-order valence-electron chi connectivity index (χ0n) is 11.1. The number of nitrogens with zero attached hydrogens (tertiary/aromatic N) is 1. The van der Waals surface area contributed by atoms with E-state index >= 15 is 0 Å². The van der Waals surface area contributed by atoms with Gasteiger partial charge in [-0.1, -0.05) is 18.2 Å². The molecule has 0 radical (unpaired) electrons. The van der Waals surface area contributed by atoms with Gasteiger partial charge in [-0.3, -0.25) is 10.2 Å². The summed E-state index contributed by atoms with van der Waals surface area (Å²) in [4.78, 5) is 15.0. The summed E-state index contributed by atoms with van der Waals surface area (Å²) >= 11 is 0. The van der Waals surface area contributed by atoms with Gasteiger partial charge >= 0.3 is 0 Å². The van der Waals surface area contributed by atoms with E-state index in [0.717, 1.165) is 17.6 Å². The molecule has 0 spiro atoms. The Balaban J connectivity index is 2.12. The lowest BCUT2D eigenvalue weighted by Gasteiger charge is -2.11. The molecule has 0 aliphatic rings. The quantitative estimate of drug-likeness (QED) is 0.809. The average molecular weight is 245 g/mol. The number of nitrogens with one attached hydrogen (secondary N) is 2. The first kappa shape index (κ1) is 12.6. The van der Waals surface area contributed by atoms with Gasteiger partial charge in [-0.05, 0) is 25.0 Å². The maximum absolute atomic E-state index is 11.6. The molecule has 2 N–H and O–H groups in total. The van der Waals surface area contributed by atoms with Crippen LogP contribution in [0.3, 0.4) is 0 Å². The molecule has 0 fully saturated rings. The largest absolute Gasteiger partial charge is 0.358 e. The fourth-order valence-electron chi connectivity index (χ4n) is 2.20. The van der Waals surface area contributed by atoms with Crippen LogP contribution in [0.4, 0.5) is 0 Å². The molecule has 18 heavy (non-hydrogen) atoms. The van der Waals surface area contributed by atoms with Gasteiger partial charge in [-0.25, -0.2) is 5.01 Å². The van der Waals surface area contributed by atoms with Gasteiger partial charge in [0.1, 0.15) is 0 Å². The molecular formula is C14H19N3O. The average Bonchev–Trinajstić information content (AvgIpc) is 2.61. The fraction of sp³-hybridized carbons (Fsp3) is 0.357. The SMILES string of the molecule is Cc1[nH]c2ccccc2c1CCC(=O)NN(C)C. The number of hydrogen-bond acceptors (Lipinski definition) is 2. The van der Waals surface area contributed by atoms with Crippen molar-refractivity contribution < 1.29 is 4.79 Å². The molecule has 1 amide bonds. The van der Waals surface area contributed by atoms with Gasteiger partial charge in [0.2, 0.25) is 5.91 Å². The second-order valence-corrected chi connectivity index (χ2v) is 4.70. The maximum Gasteiger partial charge on any atom is 0.234 e. The second kappa shape index (κ2) is 5.23. The predicted octanol–water partition coefficient (Wildman–Crippen LogP) is 2.00. The van der Waals surface area contributed by atoms with Crippen LogP contribution in [-0.2, 0) is 11.2 Å². The van der Waals surface area contributed by atoms with E-state index in [1.807, 2.05) is 26.2 Å². The highest BCUT2D eigenvalue weighted by Gasteiger charge is 2.10. The Morgan fingerprint density at radius 3 is 2.78 bits per heavy atom. The number of rotatable bonds is 4. The summed E-state index contributed by atoms with van der Waals surface area (Å²) in [6.45, 7) is 2.05. The van der Waals surface area contributed by atoms with E-state index in [4.69, 9.17) is 0 Å². The fourth-order valence-corrected chi connectivity index (χ4v) is 2.20. The number of hydrazine groups is 1. The van der Waals surface area contributed by atoms with Crippen LogP contribution in [0.5, 0.6) is 0 Å². The van der Waals surface area contributed by atoms with E-state index in [0.29, 0.717) is 6.42 Å². The third kappa shape index (κ3) is 2.71. The molecule has 4 nitrogen and oxygen atoms in total. The highest BCUT2D eigenvalue weighted by Crippen LogP contribution is 2.22. The summed E-state index contributed by atoms with van der Waals surface area (Å²) in [7, 11) is 3.63. The Labute approximate surface area is 107 Å². The number of fused-ring (bicyclic) bond motifs is 1. The van der Waals surface area contributed by atoms with E-state index in [9.17, 15) is 4.79 Å². The molecule has 2 rings (SSSR count). The van der Waals surface area contributed by atoms with Gasteiger partial charge in [0.15, 0.2) is 0 Å². The van der Waals surface area contributed by atoms with Gasteiger partial charge in [-0.2, -0.15) is 0 Å². The number of aromatic nitrogens is 1. The molecule has 0 aliphatic carbocycles. The molecule has 0 saturated heterocycles. The first-order chi connectivity index (χ1) is 8.58. The van der Waals surface area contributed by atoms with Crippen molar-refractivity contribution >= 4 is 16.8 Å². The van der Waals surface area contributed by atoms with Crippen LogP contribution in [0, 0.1) is 6.92 Å². The zero-order chi connectivity index (χ0) is 13.1. The zero-order valence-corrected chi connectivity index (χ0v) is 11.1. The standard InChI is InChI=1S/C14H19N3O/c1-10-11(8-9-14(18)16-17(2)3)12-6-4-5-7-13(12)15-10/h4-7,15H,8-9H2,1-3H3,(H,16,18). The van der Waals surface area contributed by atoms with Crippen molar-refractivity contribution in [2.24, 2.45) is 0 Å². The molecule has 1 aromatic carbocycles. The van der Waals surface area contributed by atoms with E-state index in [1.165, 1.54) is 10.9 Å². The van der Waals surface area contributed by atoms with Crippen LogP contribution in [-0.4, -0.2) is 30.0 Å². The van der Waals surface area contributed by atoms with Crippen molar-refractivity contribution in [1.82, 2.24) is 15.4 Å². The van der Waals surface area contributed by atoms with Gasteiger partial charge in [0, 0.05) is 37.1 Å². The van der Waals surface area contributed by atoms with E-state index in [-0.39, 0.29) is 5.91 Å². The minimum atomic E-state index is 0.0460. The maximum atomic E-state index is 11.6. The first-order valence-corrected chi connectivity index (χ1v) is 6.11. The van der Waals surface area contributed by atoms with Crippen molar-refractivity contribution in [2.75, 3.05) is 14.1 Å². The van der Waals surface area contributed by atoms with Gasteiger partial charge in [-0.15, -0.1) is 0 Å². The Kier molecular flexibility index (Phi) is 3.67. The van der Waals surface area contributed by atoms with Crippen LogP contribution in [0.2, 0.25) is 0 Å². The minimum absolute atomic E-state index is 0.0460. The van der Waals surface area contributed by atoms with E-state index < -0.39 is 0 Å². The number of benzene rings is 1. The third-order valence-electron chi connectivity index (χ3n) is 2.98. The van der Waals surface area contributed by atoms with Crippen LogP contribution >= 0.6 is 0 Å². The Hall–Kier alpha value is -1.81. The highest BCUT2D eigenvalue weighted by molar-refractivity contribution is 5.85. The highest BCUT2D eigenvalue weighted by atomic mass is 16.2. The lowest BCUT2D eigenvalue weighted by Crippen LogP contribution is -2.36. The Morgan fingerprint density at radius 2 is 2.06 bits per heavy atom. The molecule has 1 aromatic heterocycles. The Morgan fingerprint density at radius 1 is 1.33 bits per heavy atom. The van der Waals surface area contributed by atoms with Gasteiger partial charge < -0.3 is 4.98 Å². The smallest absolute Gasteiger partial charge is 0.234 e. The number of carbonyl (C=O) groups excluding carboxylic acids is 1. The molecule has 1 heterocycles. The first-order valence-electron chi connectivity index (χ1n) is 6.11. The normalized spacial score (nSPS) is 11.1. The summed E-state index contributed by atoms with van der Waals surface area (Å²) in [5, 5.41) is 2.89. The number of para-hydroxylation sites is 1. The molecule has 0 atom stereocenters. The molecule has 0 unspecified atom stereocenters. The number of amides is 1. The van der Waals surface area contributed by atoms with Gasteiger partial charge in [0.25, 0.3) is 0 Å². The number of H-pyrrole nitrogens is 1. The van der Waals surface area contributed by atoms with Crippen molar-refractivity contribution in [3.63, 3.8) is 0 Å². The van der Waals surface area contributed by atoms with E-state index in [2.05, 4.69) is 29.5 Å². The Bertz CT molecular complexity index is 557. The topological polar surface area (TPSA) is 48.1 Å². The molecule has 4 heteroatoms. The number of aromatic amines is 1. The summed E-state index contributed by atoms with van der Waals surface area (Å²) in [5.74, 6) is 0.0460. The predicted molar refractivity (Wildman–Crippen MR) is 73.2 cm³/mol. The molecule has 0 saturated carbocycles. The molecule has 0 bridgehead atoms. The molecular weight excluding hydrogens is 226 g/mol. The molecule has 2 aromatic rings. The van der Waals surface area contributed by atoms with Crippen molar-refractivity contribution in [3.05, 3.63) is 35.5 Å². The van der Waals surface area contributed by atoms with Crippen molar-refractivity contribution in [2.45, 2.75) is 19.8 Å². The van der Waals surface area contributed by atoms with Crippen molar-refractivity contribution in [1.29, 1.82) is 0 Å². The summed E-state index contributed by atoms with van der Waals surface area (Å²) in [5.41, 5.74) is 6.28. The number of aryl methyl sites for hydroxylation is 2. The van der Waals surface area contributed by atoms with Crippen LogP contribution in [0.15, 0.2) is 24.3 Å². The molecule has 96 valence electrons. The lowest BCUT2D eigenvalue weighted by molar-refractivity contribution is -0.124. The van der Waals surface area contributed by atoms with Gasteiger partial charge in [0.05, 0.1) is 0 Å². The van der Waals surface area contributed by atoms with Crippen LogP contribution < -0.4 is 5.43 Å². The number of hydrogen-bond donors (Lipinski definition) is 2. The minimum Gasteiger partial charge on any atom is -0.358 e. The third-order valence-corrected chi connectivity index (χ3v) is 2.98. The van der Waals surface area contributed by atoms with E-state index in [1.54, 1.807) is 5.01 Å². The van der Waals surface area contributed by atoms with Crippen LogP contribution in [0.1, 0.15) is 17.7 Å². The number of carbonyl (C=O) groups is 1. The summed E-state index contributed by atoms with van der Waals surface area (Å²) < 4.78 is 0. The monoisotopic (exact) mass is 245 g/mol. The lowest BCUT2D eigenvalue weighted by atomic mass is 10.1. The summed E-state index contributed by atoms with van der Waals surface area (Å²) in [6.07, 6.45) is 1.26.